The van der Waals surface area contributed by atoms with Crippen LogP contribution in [0.3, 0.4) is 0 Å². The molecule has 9 nitrogen and oxygen atoms in total. The van der Waals surface area contributed by atoms with E-state index in [2.05, 4.69) is 9.80 Å². The molecule has 37 heavy (non-hydrogen) atoms. The predicted octanol–water partition coefficient (Wildman–Crippen LogP) is 4.58. The number of fused-ring (bicyclic) bond motifs is 1. The second-order valence-corrected chi connectivity index (χ2v) is 11.0. The van der Waals surface area contributed by atoms with Crippen molar-refractivity contribution in [3.63, 3.8) is 0 Å². The monoisotopic (exact) mass is 571 g/mol. The summed E-state index contributed by atoms with van der Waals surface area (Å²) in [5.41, 5.74) is 2.35. The fourth-order valence-corrected chi connectivity index (χ4v) is 5.55. The lowest BCUT2D eigenvalue weighted by Gasteiger charge is -2.37. The van der Waals surface area contributed by atoms with E-state index in [4.69, 9.17) is 32.5 Å². The Labute approximate surface area is 227 Å². The SMILES string of the molecule is CC(OP(=O)(O)O)N1c2cc(OCCCCN3CCN(c4cccc(Cl)c4Cl)CC3)ccc2C=CC1O. The summed E-state index contributed by atoms with van der Waals surface area (Å²) in [5.74, 6) is 0.613. The van der Waals surface area contributed by atoms with Crippen molar-refractivity contribution in [2.45, 2.75) is 32.2 Å². The predicted molar refractivity (Wildman–Crippen MR) is 146 cm³/mol. The number of phosphoric ester groups is 1. The second-order valence-electron chi connectivity index (χ2n) is 9.05. The third kappa shape index (κ3) is 7.40. The molecule has 2 atom stereocenters. The zero-order valence-corrected chi connectivity index (χ0v) is 22.9. The number of benzene rings is 2. The molecule has 4 rings (SSSR count). The Kier molecular flexibility index (Phi) is 9.43. The number of hydrogen-bond donors (Lipinski definition) is 3. The van der Waals surface area contributed by atoms with Gasteiger partial charge in [-0.25, -0.2) is 4.57 Å². The van der Waals surface area contributed by atoms with Gasteiger partial charge in [0.15, 0.2) is 0 Å². The van der Waals surface area contributed by atoms with E-state index < -0.39 is 20.3 Å². The first-order valence-corrected chi connectivity index (χ1v) is 14.5. The number of unbranched alkanes of at least 4 members (excludes halogenated alkanes) is 1. The van der Waals surface area contributed by atoms with Crippen LogP contribution in [0.2, 0.25) is 10.0 Å². The van der Waals surface area contributed by atoms with Gasteiger partial charge in [0.25, 0.3) is 0 Å². The fourth-order valence-electron chi connectivity index (χ4n) is 4.64. The smallest absolute Gasteiger partial charge is 0.471 e. The van der Waals surface area contributed by atoms with Crippen LogP contribution in [0.5, 0.6) is 5.75 Å². The number of piperazine rings is 1. The summed E-state index contributed by atoms with van der Waals surface area (Å²) in [7, 11) is -4.73. The molecule has 2 aliphatic rings. The van der Waals surface area contributed by atoms with Crippen LogP contribution in [0.25, 0.3) is 6.08 Å². The van der Waals surface area contributed by atoms with E-state index in [1.54, 1.807) is 18.2 Å². The van der Waals surface area contributed by atoms with Crippen LogP contribution in [0.1, 0.15) is 25.3 Å². The molecule has 0 spiro atoms. The molecule has 0 bridgehead atoms. The van der Waals surface area contributed by atoms with Crippen LogP contribution in [-0.2, 0) is 9.09 Å². The van der Waals surface area contributed by atoms with Gasteiger partial charge in [-0.15, -0.1) is 0 Å². The molecule has 12 heteroatoms. The molecule has 0 aromatic heterocycles. The molecule has 0 saturated carbocycles. The Bertz CT molecular complexity index is 1160. The maximum Gasteiger partial charge on any atom is 0.471 e. The largest absolute Gasteiger partial charge is 0.494 e. The number of rotatable bonds is 10. The van der Waals surface area contributed by atoms with Gasteiger partial charge in [0.05, 0.1) is 28.0 Å². The van der Waals surface area contributed by atoms with Crippen molar-refractivity contribution in [1.29, 1.82) is 0 Å². The first kappa shape index (κ1) is 28.2. The van der Waals surface area contributed by atoms with Crippen LogP contribution >= 0.6 is 31.0 Å². The van der Waals surface area contributed by atoms with Crippen LogP contribution < -0.4 is 14.5 Å². The molecule has 0 amide bonds. The van der Waals surface area contributed by atoms with Gasteiger partial charge in [0.1, 0.15) is 18.2 Å². The Balaban J connectivity index is 1.23. The topological polar surface area (TPSA) is 106 Å². The molecule has 2 aromatic rings. The van der Waals surface area contributed by atoms with E-state index >= 15 is 0 Å². The summed E-state index contributed by atoms with van der Waals surface area (Å²) in [4.78, 5) is 24.5. The summed E-state index contributed by atoms with van der Waals surface area (Å²) in [6, 6.07) is 11.2. The summed E-state index contributed by atoms with van der Waals surface area (Å²) >= 11 is 12.5. The highest BCUT2D eigenvalue weighted by Crippen LogP contribution is 2.41. The third-order valence-electron chi connectivity index (χ3n) is 6.48. The summed E-state index contributed by atoms with van der Waals surface area (Å²) in [6.45, 7) is 6.68. The minimum atomic E-state index is -4.73. The highest BCUT2D eigenvalue weighted by Gasteiger charge is 2.31. The van der Waals surface area contributed by atoms with Gasteiger partial charge in [0, 0.05) is 32.2 Å². The van der Waals surface area contributed by atoms with Gasteiger partial charge < -0.3 is 29.4 Å². The van der Waals surface area contributed by atoms with Crippen molar-refractivity contribution >= 4 is 48.5 Å². The van der Waals surface area contributed by atoms with Crippen LogP contribution in [0.15, 0.2) is 42.5 Å². The zero-order valence-electron chi connectivity index (χ0n) is 20.5. The Morgan fingerprint density at radius 3 is 2.57 bits per heavy atom. The molecule has 3 N–H and O–H groups in total. The first-order chi connectivity index (χ1) is 17.6. The van der Waals surface area contributed by atoms with Crippen molar-refractivity contribution in [2.75, 3.05) is 49.1 Å². The van der Waals surface area contributed by atoms with Gasteiger partial charge >= 0.3 is 7.82 Å². The zero-order chi connectivity index (χ0) is 26.6. The first-order valence-electron chi connectivity index (χ1n) is 12.2. The summed E-state index contributed by atoms with van der Waals surface area (Å²) < 4.78 is 22.0. The van der Waals surface area contributed by atoms with E-state index in [0.29, 0.717) is 28.1 Å². The van der Waals surface area contributed by atoms with E-state index in [9.17, 15) is 19.5 Å². The summed E-state index contributed by atoms with van der Waals surface area (Å²) in [5, 5.41) is 11.6. The Hall–Kier alpha value is -1.81. The number of nitrogens with zero attached hydrogens (tertiary/aromatic N) is 3. The Morgan fingerprint density at radius 1 is 1.08 bits per heavy atom. The average molecular weight is 572 g/mol. The van der Waals surface area contributed by atoms with Gasteiger partial charge in [-0.2, -0.15) is 0 Å². The standard InChI is InChI=1S/C25H32Cl2N3O6P/c1-18(36-37(32,33)34)30-23-17-20(9-7-19(23)8-10-24(30)31)35-16-3-2-11-28-12-14-29(15-13-28)22-6-4-5-21(26)25(22)27/h4-10,17-18,24,31H,2-3,11-16H2,1H3,(H2,32,33,34). The molecular formula is C25H32Cl2N3O6P. The lowest BCUT2D eigenvalue weighted by Crippen LogP contribution is -2.46. The minimum Gasteiger partial charge on any atom is -0.494 e. The van der Waals surface area contributed by atoms with Crippen molar-refractivity contribution in [2.24, 2.45) is 0 Å². The summed E-state index contributed by atoms with van der Waals surface area (Å²) in [6.07, 6.45) is 3.02. The molecule has 202 valence electrons. The highest BCUT2D eigenvalue weighted by molar-refractivity contribution is 7.46. The normalized spacial score (nSPS) is 19.1. The van der Waals surface area contributed by atoms with Crippen LogP contribution in [-0.4, -0.2) is 71.6 Å². The number of hydrogen-bond acceptors (Lipinski definition) is 7. The lowest BCUT2D eigenvalue weighted by molar-refractivity contribution is 0.102. The Morgan fingerprint density at radius 2 is 1.84 bits per heavy atom. The number of aliphatic hydroxyl groups is 1. The molecule has 1 saturated heterocycles. The maximum absolute atomic E-state index is 11.3. The molecule has 0 aliphatic carbocycles. The number of ether oxygens (including phenoxy) is 1. The van der Waals surface area contributed by atoms with Gasteiger partial charge in [0.2, 0.25) is 0 Å². The average Bonchev–Trinajstić information content (AvgIpc) is 2.84. The highest BCUT2D eigenvalue weighted by atomic mass is 35.5. The van der Waals surface area contributed by atoms with E-state index in [0.717, 1.165) is 56.8 Å². The van der Waals surface area contributed by atoms with E-state index in [1.165, 1.54) is 17.9 Å². The molecule has 2 unspecified atom stereocenters. The van der Waals surface area contributed by atoms with Gasteiger partial charge in [-0.3, -0.25) is 9.42 Å². The molecule has 2 aromatic carbocycles. The van der Waals surface area contributed by atoms with Crippen molar-refractivity contribution in [3.8, 4) is 5.75 Å². The molecule has 2 aliphatic heterocycles. The molecule has 2 heterocycles. The van der Waals surface area contributed by atoms with Gasteiger partial charge in [-0.05, 0) is 62.2 Å². The minimum absolute atomic E-state index is 0.532. The maximum atomic E-state index is 11.3. The van der Waals surface area contributed by atoms with E-state index in [1.807, 2.05) is 24.3 Å². The van der Waals surface area contributed by atoms with Crippen LogP contribution in [0.4, 0.5) is 11.4 Å². The third-order valence-corrected chi connectivity index (χ3v) is 7.86. The van der Waals surface area contributed by atoms with Gasteiger partial charge in [-0.1, -0.05) is 35.3 Å². The van der Waals surface area contributed by atoms with Crippen LogP contribution in [0, 0.1) is 0 Å². The lowest BCUT2D eigenvalue weighted by atomic mass is 10.1. The van der Waals surface area contributed by atoms with Crippen molar-refractivity contribution < 1.29 is 28.7 Å². The number of phosphoric acid groups is 1. The van der Waals surface area contributed by atoms with E-state index in [-0.39, 0.29) is 0 Å². The van der Waals surface area contributed by atoms with Crippen molar-refractivity contribution in [3.05, 3.63) is 58.1 Å². The number of anilines is 2. The quantitative estimate of drug-likeness (QED) is 0.279. The number of aliphatic hydroxyl groups excluding tert-OH is 1. The van der Waals surface area contributed by atoms with Crippen molar-refractivity contribution in [1.82, 2.24) is 4.90 Å². The molecule has 0 radical (unpaired) electrons. The second kappa shape index (κ2) is 12.4. The number of halogens is 2. The fraction of sp³-hybridized carbons (Fsp3) is 0.440. The molecular weight excluding hydrogens is 540 g/mol. The molecule has 1 fully saturated rings.